The van der Waals surface area contributed by atoms with Gasteiger partial charge in [0.25, 0.3) is 0 Å². The first-order valence-corrected chi connectivity index (χ1v) is 6.98. The summed E-state index contributed by atoms with van der Waals surface area (Å²) in [7, 11) is 0. The smallest absolute Gasteiger partial charge is 0.312 e. The first kappa shape index (κ1) is 15.1. The molecular weight excluding hydrogens is 281 g/mol. The molecule has 1 aliphatic carbocycles. The number of rotatable bonds is 3. The Bertz CT molecular complexity index is 548. The number of hydrogen-bond acceptors (Lipinski definition) is 3. The van der Waals surface area contributed by atoms with Gasteiger partial charge in [-0.25, -0.2) is 4.39 Å². The molecule has 1 fully saturated rings. The van der Waals surface area contributed by atoms with E-state index in [4.69, 9.17) is 22.1 Å². The topological polar surface area (TPSA) is 52.3 Å². The molecule has 20 heavy (non-hydrogen) atoms. The molecule has 0 aliphatic heterocycles. The van der Waals surface area contributed by atoms with Gasteiger partial charge >= 0.3 is 5.97 Å². The maximum atomic E-state index is 14.1. The lowest BCUT2D eigenvalue weighted by atomic mass is 9.95. The van der Waals surface area contributed by atoms with Gasteiger partial charge in [0, 0.05) is 10.6 Å². The maximum absolute atomic E-state index is 14.1. The van der Waals surface area contributed by atoms with E-state index in [1.54, 1.807) is 6.07 Å². The Morgan fingerprint density at radius 1 is 1.45 bits per heavy atom. The van der Waals surface area contributed by atoms with Crippen molar-refractivity contribution in [3.63, 3.8) is 0 Å². The lowest BCUT2D eigenvalue weighted by molar-refractivity contribution is -0.161. The van der Waals surface area contributed by atoms with Crippen molar-refractivity contribution in [3.8, 4) is 0 Å². The van der Waals surface area contributed by atoms with Crippen LogP contribution in [-0.2, 0) is 16.0 Å². The molecule has 2 N–H and O–H groups in total. The van der Waals surface area contributed by atoms with Crippen molar-refractivity contribution < 1.29 is 13.9 Å². The molecule has 110 valence electrons. The maximum Gasteiger partial charge on any atom is 0.312 e. The monoisotopic (exact) mass is 299 g/mol. The van der Waals surface area contributed by atoms with Crippen LogP contribution in [0.3, 0.4) is 0 Å². The summed E-state index contributed by atoms with van der Waals surface area (Å²) in [5, 5.41) is 0.298. The van der Waals surface area contributed by atoms with Gasteiger partial charge in [0.2, 0.25) is 0 Å². The zero-order chi connectivity index (χ0) is 15.1. The Morgan fingerprint density at radius 2 is 2.05 bits per heavy atom. The average molecular weight is 300 g/mol. The molecule has 3 nitrogen and oxygen atoms in total. The number of halogens is 2. The molecule has 5 heteroatoms. The third-order valence-corrected chi connectivity index (χ3v) is 3.77. The summed E-state index contributed by atoms with van der Waals surface area (Å²) in [6.45, 7) is 5.44. The molecular formula is C15H19ClFNO2. The summed E-state index contributed by atoms with van der Waals surface area (Å²) in [6.07, 6.45) is 1.61. The minimum Gasteiger partial charge on any atom is -0.460 e. The summed E-state index contributed by atoms with van der Waals surface area (Å²) in [6, 6.07) is 2.98. The van der Waals surface area contributed by atoms with E-state index in [2.05, 4.69) is 0 Å². The predicted molar refractivity (Wildman–Crippen MR) is 77.0 cm³/mol. The van der Waals surface area contributed by atoms with Crippen LogP contribution in [0.5, 0.6) is 0 Å². The summed E-state index contributed by atoms with van der Waals surface area (Å²) in [5.41, 5.74) is 4.71. The van der Waals surface area contributed by atoms with E-state index in [1.807, 2.05) is 20.8 Å². The van der Waals surface area contributed by atoms with E-state index >= 15 is 0 Å². The first-order chi connectivity index (χ1) is 9.15. The summed E-state index contributed by atoms with van der Waals surface area (Å²) in [4.78, 5) is 12.2. The number of carbonyl (C=O) groups excluding carboxylic acids is 1. The molecule has 0 amide bonds. The van der Waals surface area contributed by atoms with Crippen LogP contribution < -0.4 is 5.73 Å². The molecule has 0 spiro atoms. The molecule has 0 bridgehead atoms. The van der Waals surface area contributed by atoms with E-state index in [0.717, 1.165) is 0 Å². The van der Waals surface area contributed by atoms with Gasteiger partial charge in [0.05, 0.1) is 11.1 Å². The van der Waals surface area contributed by atoms with E-state index in [-0.39, 0.29) is 18.1 Å². The van der Waals surface area contributed by atoms with Crippen molar-refractivity contribution in [2.24, 2.45) is 5.41 Å². The Labute approximate surface area is 123 Å². The van der Waals surface area contributed by atoms with Crippen molar-refractivity contribution in [1.82, 2.24) is 0 Å². The van der Waals surface area contributed by atoms with Crippen molar-refractivity contribution in [1.29, 1.82) is 0 Å². The Kier molecular flexibility index (Phi) is 3.71. The number of hydrogen-bond donors (Lipinski definition) is 1. The van der Waals surface area contributed by atoms with Gasteiger partial charge in [-0.15, -0.1) is 0 Å². The summed E-state index contributed by atoms with van der Waals surface area (Å²) < 4.78 is 19.5. The molecule has 0 aromatic heterocycles. The van der Waals surface area contributed by atoms with Crippen LogP contribution >= 0.6 is 11.6 Å². The lowest BCUT2D eigenvalue weighted by Crippen LogP contribution is -2.31. The molecule has 1 aliphatic rings. The quantitative estimate of drug-likeness (QED) is 0.683. The highest BCUT2D eigenvalue weighted by Gasteiger charge is 2.52. The van der Waals surface area contributed by atoms with E-state index in [9.17, 15) is 9.18 Å². The Balaban J connectivity index is 2.22. The highest BCUT2D eigenvalue weighted by molar-refractivity contribution is 6.31. The van der Waals surface area contributed by atoms with Gasteiger partial charge in [-0.2, -0.15) is 0 Å². The van der Waals surface area contributed by atoms with Crippen LogP contribution in [0.4, 0.5) is 10.1 Å². The van der Waals surface area contributed by atoms with Gasteiger partial charge in [-0.05, 0) is 52.2 Å². The molecule has 0 heterocycles. The van der Waals surface area contributed by atoms with E-state index < -0.39 is 16.8 Å². The van der Waals surface area contributed by atoms with E-state index in [0.29, 0.717) is 23.4 Å². The fourth-order valence-electron chi connectivity index (χ4n) is 2.11. The highest BCUT2D eigenvalue weighted by Crippen LogP contribution is 2.51. The van der Waals surface area contributed by atoms with Gasteiger partial charge in [0.15, 0.2) is 5.82 Å². The SMILES string of the molecule is CC(C)(C)OC(=O)C1(Cc2c(Cl)ccc(N)c2F)CC1. The average Bonchev–Trinajstić information content (AvgIpc) is 3.09. The van der Waals surface area contributed by atoms with Crippen LogP contribution in [0, 0.1) is 11.2 Å². The number of anilines is 1. The summed E-state index contributed by atoms with van der Waals surface area (Å²) >= 11 is 6.03. The van der Waals surface area contributed by atoms with Crippen LogP contribution in [0.25, 0.3) is 0 Å². The second-order valence-electron chi connectivity index (χ2n) is 6.39. The molecule has 0 unspecified atom stereocenters. The number of benzene rings is 1. The molecule has 1 aromatic rings. The van der Waals surface area contributed by atoms with Crippen LogP contribution in [0.1, 0.15) is 39.2 Å². The summed E-state index contributed by atoms with van der Waals surface area (Å²) in [5.74, 6) is -0.824. The number of ether oxygens (including phenoxy) is 1. The largest absolute Gasteiger partial charge is 0.460 e. The zero-order valence-corrected chi connectivity index (χ0v) is 12.7. The fraction of sp³-hybridized carbons (Fsp3) is 0.533. The van der Waals surface area contributed by atoms with Crippen LogP contribution in [-0.4, -0.2) is 11.6 Å². The minimum absolute atomic E-state index is 0.0457. The van der Waals surface area contributed by atoms with Gasteiger partial charge in [-0.1, -0.05) is 11.6 Å². The first-order valence-electron chi connectivity index (χ1n) is 6.60. The standard InChI is InChI=1S/C15H19ClFNO2/c1-14(2,3)20-13(19)15(6-7-15)8-9-10(16)4-5-11(18)12(9)17/h4-5H,6-8,18H2,1-3H3. The minimum atomic E-state index is -0.647. The number of nitrogens with two attached hydrogens (primary N) is 1. The van der Waals surface area contributed by atoms with Crippen molar-refractivity contribution in [2.45, 2.75) is 45.6 Å². The van der Waals surface area contributed by atoms with Crippen molar-refractivity contribution >= 4 is 23.3 Å². The van der Waals surface area contributed by atoms with Crippen molar-refractivity contribution in [2.75, 3.05) is 5.73 Å². The molecule has 0 atom stereocenters. The van der Waals surface area contributed by atoms with Gasteiger partial charge in [0.1, 0.15) is 5.60 Å². The van der Waals surface area contributed by atoms with Crippen molar-refractivity contribution in [3.05, 3.63) is 28.5 Å². The van der Waals surface area contributed by atoms with Crippen LogP contribution in [0.15, 0.2) is 12.1 Å². The highest BCUT2D eigenvalue weighted by atomic mass is 35.5. The number of carbonyl (C=O) groups is 1. The number of nitrogen functional groups attached to an aromatic ring is 1. The molecule has 2 rings (SSSR count). The Hall–Kier alpha value is -1.29. The third-order valence-electron chi connectivity index (χ3n) is 3.42. The zero-order valence-electron chi connectivity index (χ0n) is 11.9. The normalized spacial score (nSPS) is 16.9. The second-order valence-corrected chi connectivity index (χ2v) is 6.80. The van der Waals surface area contributed by atoms with Gasteiger partial charge < -0.3 is 10.5 Å². The lowest BCUT2D eigenvalue weighted by Gasteiger charge is -2.24. The Morgan fingerprint density at radius 3 is 2.55 bits per heavy atom. The number of esters is 1. The molecule has 1 aromatic carbocycles. The predicted octanol–water partition coefficient (Wildman–Crippen LogP) is 3.73. The third kappa shape index (κ3) is 3.06. The fourth-order valence-corrected chi connectivity index (χ4v) is 2.32. The second kappa shape index (κ2) is 4.92. The van der Waals surface area contributed by atoms with Crippen LogP contribution in [0.2, 0.25) is 5.02 Å². The molecule has 0 saturated heterocycles. The molecule has 1 saturated carbocycles. The van der Waals surface area contributed by atoms with Gasteiger partial charge in [-0.3, -0.25) is 4.79 Å². The molecule has 0 radical (unpaired) electrons. The van der Waals surface area contributed by atoms with E-state index in [1.165, 1.54) is 6.07 Å².